The first-order chi connectivity index (χ1) is 5.01. The number of nitrogens with zero attached hydrogens (tertiary/aromatic N) is 1. The van der Waals surface area contributed by atoms with Crippen molar-refractivity contribution in [2.24, 2.45) is 0 Å². The summed E-state index contributed by atoms with van der Waals surface area (Å²) in [4.78, 5) is 0. The Kier molecular flexibility index (Phi) is 3.53. The first-order valence-corrected chi connectivity index (χ1v) is 4.16. The van der Waals surface area contributed by atoms with Crippen LogP contribution in [0.25, 0.3) is 0 Å². The van der Waals surface area contributed by atoms with E-state index in [9.17, 15) is 0 Å². The molecule has 0 unspecified atom stereocenters. The van der Waals surface area contributed by atoms with Gasteiger partial charge in [0.2, 0.25) is 0 Å². The van der Waals surface area contributed by atoms with E-state index in [0.717, 1.165) is 4.48 Å². The Morgan fingerprint density at radius 3 is 1.18 bits per heavy atom. The highest BCUT2D eigenvalue weighted by Gasteiger charge is 2.28. The lowest BCUT2D eigenvalue weighted by atomic mass is 10.2. The third-order valence-corrected chi connectivity index (χ3v) is 2.42. The Labute approximate surface area is 70.6 Å². The van der Waals surface area contributed by atoms with Crippen LogP contribution < -0.4 is 0 Å². The molecule has 0 aliphatic rings. The Balaban J connectivity index is 4.74. The van der Waals surface area contributed by atoms with Crippen LogP contribution in [0.4, 0.5) is 0 Å². The van der Waals surface area contributed by atoms with Crippen LogP contribution in [0.3, 0.4) is 0 Å². The lowest BCUT2D eigenvalue weighted by Gasteiger charge is -2.38. The van der Waals surface area contributed by atoms with Crippen molar-refractivity contribution in [2.75, 3.05) is 0 Å². The molecule has 1 nitrogen and oxygen atoms in total. The second kappa shape index (κ2) is 3.72. The van der Waals surface area contributed by atoms with Gasteiger partial charge >= 0.3 is 0 Å². The van der Waals surface area contributed by atoms with E-state index in [-0.39, 0.29) is 0 Å². The molecule has 0 amide bonds. The fraction of sp³-hybridized carbons (Fsp3) is 0.600. The summed E-state index contributed by atoms with van der Waals surface area (Å²) in [5.41, 5.74) is 0. The second-order valence-corrected chi connectivity index (χ2v) is 3.45. The highest BCUT2D eigenvalue weighted by molar-refractivity contribution is 4.71. The van der Waals surface area contributed by atoms with Crippen molar-refractivity contribution < 1.29 is 4.48 Å². The first kappa shape index (κ1) is 10.4. The maximum atomic E-state index is 3.85. The molecule has 0 aliphatic carbocycles. The summed E-state index contributed by atoms with van der Waals surface area (Å²) in [6.07, 6.45) is 3.92. The van der Waals surface area contributed by atoms with Crippen LogP contribution in [0.2, 0.25) is 0 Å². The van der Waals surface area contributed by atoms with E-state index in [1.807, 2.05) is 12.4 Å². The number of hydrogen-bond acceptors (Lipinski definition) is 0. The van der Waals surface area contributed by atoms with Crippen LogP contribution in [0.15, 0.2) is 25.6 Å². The number of quaternary nitrogens is 1. The molecule has 0 aromatic heterocycles. The van der Waals surface area contributed by atoms with Crippen LogP contribution in [0.1, 0.15) is 27.7 Å². The highest BCUT2D eigenvalue weighted by atomic mass is 15.4. The van der Waals surface area contributed by atoms with Crippen molar-refractivity contribution in [2.45, 2.75) is 39.8 Å². The van der Waals surface area contributed by atoms with E-state index >= 15 is 0 Å². The molecule has 0 atom stereocenters. The average molecular weight is 154 g/mol. The molecular formula is C10H20N+. The summed E-state index contributed by atoms with van der Waals surface area (Å²) in [5.74, 6) is 0. The van der Waals surface area contributed by atoms with Gasteiger partial charge in [-0.05, 0) is 40.9 Å². The first-order valence-electron chi connectivity index (χ1n) is 4.16. The van der Waals surface area contributed by atoms with E-state index in [1.165, 1.54) is 0 Å². The van der Waals surface area contributed by atoms with Gasteiger partial charge in [0.1, 0.15) is 0 Å². The summed E-state index contributed by atoms with van der Waals surface area (Å²) >= 11 is 0. The monoisotopic (exact) mass is 154 g/mol. The fourth-order valence-corrected chi connectivity index (χ4v) is 1.51. The minimum Gasteiger partial charge on any atom is -0.268 e. The molecule has 0 saturated carbocycles. The summed E-state index contributed by atoms with van der Waals surface area (Å²) in [7, 11) is 0. The van der Waals surface area contributed by atoms with Gasteiger partial charge in [0.05, 0.1) is 24.5 Å². The molecule has 11 heavy (non-hydrogen) atoms. The van der Waals surface area contributed by atoms with Crippen molar-refractivity contribution in [3.8, 4) is 0 Å². The van der Waals surface area contributed by atoms with Crippen molar-refractivity contribution in [1.29, 1.82) is 0 Å². The number of rotatable bonds is 4. The molecule has 0 aromatic carbocycles. The van der Waals surface area contributed by atoms with Gasteiger partial charge in [-0.2, -0.15) is 0 Å². The van der Waals surface area contributed by atoms with E-state index in [2.05, 4.69) is 40.9 Å². The third kappa shape index (κ3) is 1.72. The Morgan fingerprint density at radius 2 is 1.18 bits per heavy atom. The van der Waals surface area contributed by atoms with Gasteiger partial charge in [0.25, 0.3) is 0 Å². The van der Waals surface area contributed by atoms with Crippen molar-refractivity contribution in [1.82, 2.24) is 0 Å². The Morgan fingerprint density at radius 1 is 0.909 bits per heavy atom. The van der Waals surface area contributed by atoms with Crippen molar-refractivity contribution in [3.05, 3.63) is 25.6 Å². The van der Waals surface area contributed by atoms with Gasteiger partial charge in [0.15, 0.2) is 0 Å². The van der Waals surface area contributed by atoms with Gasteiger partial charge in [-0.15, -0.1) is 0 Å². The maximum absolute atomic E-state index is 3.85. The van der Waals surface area contributed by atoms with Gasteiger partial charge in [0, 0.05) is 0 Å². The van der Waals surface area contributed by atoms with Crippen LogP contribution in [0, 0.1) is 0 Å². The second-order valence-electron chi connectivity index (χ2n) is 3.45. The molecule has 1 heteroatoms. The molecule has 64 valence electrons. The summed E-state index contributed by atoms with van der Waals surface area (Å²) < 4.78 is 0.778. The van der Waals surface area contributed by atoms with E-state index in [1.54, 1.807) is 0 Å². The Hall–Kier alpha value is -0.560. The average Bonchev–Trinajstić information content (AvgIpc) is 1.90. The van der Waals surface area contributed by atoms with Gasteiger partial charge < -0.3 is 0 Å². The number of hydrogen-bond donors (Lipinski definition) is 0. The van der Waals surface area contributed by atoms with Crippen LogP contribution in [0.5, 0.6) is 0 Å². The van der Waals surface area contributed by atoms with Gasteiger partial charge in [-0.25, -0.2) is 0 Å². The maximum Gasteiger partial charge on any atom is 0.0935 e. The molecule has 0 bridgehead atoms. The minimum atomic E-state index is 0.519. The predicted octanol–water partition coefficient (Wildman–Crippen LogP) is 2.91. The predicted molar refractivity (Wildman–Crippen MR) is 50.9 cm³/mol. The zero-order valence-corrected chi connectivity index (χ0v) is 8.17. The molecule has 0 heterocycles. The van der Waals surface area contributed by atoms with Gasteiger partial charge in [-0.1, -0.05) is 0 Å². The molecule has 0 radical (unpaired) electrons. The lowest BCUT2D eigenvalue weighted by Crippen LogP contribution is -2.48. The lowest BCUT2D eigenvalue weighted by molar-refractivity contribution is -0.871. The molecule has 0 spiro atoms. The SMILES string of the molecule is C=C[N+](C=C)(C(C)C)C(C)C. The standard InChI is InChI=1S/C10H20N/c1-7-11(8-2,9(3)4)10(5)6/h7-10H,1-2H2,3-6H3/q+1. The molecule has 0 aromatic rings. The molecule has 0 saturated heterocycles. The molecular weight excluding hydrogens is 134 g/mol. The Bertz CT molecular complexity index is 127. The van der Waals surface area contributed by atoms with E-state index < -0.39 is 0 Å². The molecule has 0 aliphatic heterocycles. The molecule has 0 N–H and O–H groups in total. The summed E-state index contributed by atoms with van der Waals surface area (Å²) in [6.45, 7) is 16.4. The highest BCUT2D eigenvalue weighted by Crippen LogP contribution is 2.20. The molecule has 0 fully saturated rings. The van der Waals surface area contributed by atoms with Crippen molar-refractivity contribution in [3.63, 3.8) is 0 Å². The quantitative estimate of drug-likeness (QED) is 0.546. The normalized spacial score (nSPS) is 12.2. The van der Waals surface area contributed by atoms with Crippen LogP contribution in [-0.4, -0.2) is 16.6 Å². The zero-order valence-electron chi connectivity index (χ0n) is 8.17. The minimum absolute atomic E-state index is 0.519. The van der Waals surface area contributed by atoms with E-state index in [0.29, 0.717) is 12.1 Å². The van der Waals surface area contributed by atoms with Crippen LogP contribution in [-0.2, 0) is 0 Å². The summed E-state index contributed by atoms with van der Waals surface area (Å²) in [5, 5.41) is 0. The molecule has 0 rings (SSSR count). The topological polar surface area (TPSA) is 0 Å². The van der Waals surface area contributed by atoms with Crippen LogP contribution >= 0.6 is 0 Å². The van der Waals surface area contributed by atoms with Gasteiger partial charge in [-0.3, -0.25) is 4.48 Å². The smallest absolute Gasteiger partial charge is 0.0935 e. The fourth-order valence-electron chi connectivity index (χ4n) is 1.51. The third-order valence-electron chi connectivity index (χ3n) is 2.42. The largest absolute Gasteiger partial charge is 0.268 e. The zero-order chi connectivity index (χ0) is 9.07. The van der Waals surface area contributed by atoms with E-state index in [4.69, 9.17) is 0 Å². The summed E-state index contributed by atoms with van der Waals surface area (Å²) in [6, 6.07) is 1.04. The van der Waals surface area contributed by atoms with Crippen molar-refractivity contribution >= 4 is 0 Å².